The molecule has 0 saturated carbocycles. The Hall–Kier alpha value is -2.22. The van der Waals surface area contributed by atoms with Crippen LogP contribution in [0, 0.1) is 15.9 Å². The van der Waals surface area contributed by atoms with Crippen molar-refractivity contribution in [3.63, 3.8) is 0 Å². The highest BCUT2D eigenvalue weighted by Crippen LogP contribution is 2.27. The number of nitrogens with two attached hydrogens (primary N) is 1. The average Bonchev–Trinajstić information content (AvgIpc) is 2.39. The van der Waals surface area contributed by atoms with Gasteiger partial charge in [0.1, 0.15) is 11.5 Å². The summed E-state index contributed by atoms with van der Waals surface area (Å²) in [4.78, 5) is 25.5. The molecule has 0 spiro atoms. The van der Waals surface area contributed by atoms with Crippen LogP contribution in [0.1, 0.15) is 16.8 Å². The summed E-state index contributed by atoms with van der Waals surface area (Å²) in [6, 6.07) is 1.63. The van der Waals surface area contributed by atoms with Crippen LogP contribution in [-0.4, -0.2) is 54.9 Å². The lowest BCUT2D eigenvalue weighted by atomic mass is 10.1. The number of nitrogen functional groups attached to an aromatic ring is 1. The molecule has 7 nitrogen and oxygen atoms in total. The van der Waals surface area contributed by atoms with Crippen molar-refractivity contribution in [1.29, 1.82) is 0 Å². The van der Waals surface area contributed by atoms with Crippen molar-refractivity contribution in [2.75, 3.05) is 40.0 Å². The van der Waals surface area contributed by atoms with Crippen LogP contribution in [0.2, 0.25) is 0 Å². The van der Waals surface area contributed by atoms with E-state index in [1.807, 2.05) is 19.0 Å². The molecule has 0 aliphatic rings. The quantitative estimate of drug-likeness (QED) is 0.486. The molecule has 1 rings (SSSR count). The molecule has 2 N–H and O–H groups in total. The van der Waals surface area contributed by atoms with E-state index in [-0.39, 0.29) is 11.3 Å². The molecule has 116 valence electrons. The van der Waals surface area contributed by atoms with Gasteiger partial charge in [0, 0.05) is 13.6 Å². The lowest BCUT2D eigenvalue weighted by Gasteiger charge is -2.19. The highest BCUT2D eigenvalue weighted by Gasteiger charge is 2.23. The van der Waals surface area contributed by atoms with Gasteiger partial charge >= 0.3 is 0 Å². The summed E-state index contributed by atoms with van der Waals surface area (Å²) >= 11 is 0. The summed E-state index contributed by atoms with van der Waals surface area (Å²) in [7, 11) is 5.37. The predicted molar refractivity (Wildman–Crippen MR) is 77.6 cm³/mol. The fraction of sp³-hybridized carbons (Fsp3) is 0.462. The van der Waals surface area contributed by atoms with E-state index >= 15 is 0 Å². The summed E-state index contributed by atoms with van der Waals surface area (Å²) in [5, 5.41) is 10.8. The van der Waals surface area contributed by atoms with E-state index in [9.17, 15) is 19.3 Å². The predicted octanol–water partition coefficient (Wildman–Crippen LogP) is 1.34. The van der Waals surface area contributed by atoms with Gasteiger partial charge in [0.2, 0.25) is 0 Å². The lowest BCUT2D eigenvalue weighted by molar-refractivity contribution is -0.384. The zero-order valence-electron chi connectivity index (χ0n) is 12.3. The van der Waals surface area contributed by atoms with Gasteiger partial charge in [0.15, 0.2) is 0 Å². The van der Waals surface area contributed by atoms with Gasteiger partial charge in [-0.2, -0.15) is 0 Å². The largest absolute Gasteiger partial charge is 0.393 e. The Labute approximate surface area is 122 Å². The Morgan fingerprint density at radius 1 is 1.33 bits per heavy atom. The Kier molecular flexibility index (Phi) is 5.60. The number of halogens is 1. The van der Waals surface area contributed by atoms with E-state index in [1.54, 1.807) is 7.05 Å². The van der Waals surface area contributed by atoms with E-state index in [4.69, 9.17) is 5.73 Å². The van der Waals surface area contributed by atoms with Gasteiger partial charge in [-0.25, -0.2) is 4.39 Å². The van der Waals surface area contributed by atoms with E-state index < -0.39 is 22.3 Å². The first-order chi connectivity index (χ1) is 9.73. The molecule has 0 aliphatic carbocycles. The number of amides is 1. The van der Waals surface area contributed by atoms with Gasteiger partial charge < -0.3 is 15.5 Å². The molecule has 0 radical (unpaired) electrons. The third-order valence-corrected chi connectivity index (χ3v) is 3.00. The normalized spacial score (nSPS) is 10.7. The molecule has 8 heteroatoms. The molecule has 21 heavy (non-hydrogen) atoms. The first-order valence-corrected chi connectivity index (χ1v) is 6.37. The number of nitro groups is 1. The van der Waals surface area contributed by atoms with Crippen LogP contribution in [0.25, 0.3) is 0 Å². The number of rotatable bonds is 6. The molecule has 0 aliphatic heterocycles. The second kappa shape index (κ2) is 6.98. The second-order valence-electron chi connectivity index (χ2n) is 5.03. The second-order valence-corrected chi connectivity index (χ2v) is 5.03. The van der Waals surface area contributed by atoms with Gasteiger partial charge in [-0.1, -0.05) is 0 Å². The lowest BCUT2D eigenvalue weighted by Crippen LogP contribution is -2.30. The molecule has 0 heterocycles. The van der Waals surface area contributed by atoms with Crippen molar-refractivity contribution in [3.8, 4) is 0 Å². The molecule has 0 atom stereocenters. The van der Waals surface area contributed by atoms with Crippen LogP contribution in [0.4, 0.5) is 15.8 Å². The summed E-state index contributed by atoms with van der Waals surface area (Å²) in [5.41, 5.74) is 4.51. The zero-order valence-corrected chi connectivity index (χ0v) is 12.3. The molecule has 0 aromatic heterocycles. The minimum atomic E-state index is -0.860. The topological polar surface area (TPSA) is 92.7 Å². The zero-order chi connectivity index (χ0) is 16.2. The van der Waals surface area contributed by atoms with Crippen LogP contribution < -0.4 is 5.73 Å². The van der Waals surface area contributed by atoms with E-state index in [1.165, 1.54) is 4.90 Å². The van der Waals surface area contributed by atoms with Gasteiger partial charge in [-0.3, -0.25) is 14.9 Å². The standard InChI is InChI=1S/C13H19FN4O3/c1-16(2)5-4-6-17(3)13(19)10-7-9(14)8-11(12(10)15)18(20)21/h7-8H,4-6,15H2,1-3H3. The Balaban J connectivity index is 2.94. The minimum Gasteiger partial charge on any atom is -0.393 e. The van der Waals surface area contributed by atoms with E-state index in [0.717, 1.165) is 19.0 Å². The van der Waals surface area contributed by atoms with Crippen LogP contribution >= 0.6 is 0 Å². The Morgan fingerprint density at radius 2 is 1.95 bits per heavy atom. The molecule has 0 bridgehead atoms. The Morgan fingerprint density at radius 3 is 2.48 bits per heavy atom. The average molecular weight is 298 g/mol. The van der Waals surface area contributed by atoms with Crippen molar-refractivity contribution in [3.05, 3.63) is 33.6 Å². The molecular weight excluding hydrogens is 279 g/mol. The fourth-order valence-corrected chi connectivity index (χ4v) is 1.86. The highest BCUT2D eigenvalue weighted by molar-refractivity contribution is 6.00. The van der Waals surface area contributed by atoms with Gasteiger partial charge in [-0.15, -0.1) is 0 Å². The number of carbonyl (C=O) groups is 1. The number of carbonyl (C=O) groups excluding carboxylic acids is 1. The summed E-state index contributed by atoms with van der Waals surface area (Å²) < 4.78 is 13.4. The first-order valence-electron chi connectivity index (χ1n) is 6.37. The number of benzene rings is 1. The number of nitrogens with zero attached hydrogens (tertiary/aromatic N) is 3. The highest BCUT2D eigenvalue weighted by atomic mass is 19.1. The molecule has 1 aromatic carbocycles. The van der Waals surface area contributed by atoms with Gasteiger partial charge in [-0.05, 0) is 33.1 Å². The fourth-order valence-electron chi connectivity index (χ4n) is 1.86. The molecule has 0 fully saturated rings. The third-order valence-electron chi connectivity index (χ3n) is 3.00. The van der Waals surface area contributed by atoms with Crippen molar-refractivity contribution in [1.82, 2.24) is 9.80 Å². The minimum absolute atomic E-state index is 0.186. The van der Waals surface area contributed by atoms with Gasteiger partial charge in [0.05, 0.1) is 16.6 Å². The molecule has 0 unspecified atom stereocenters. The number of anilines is 1. The number of hydrogen-bond donors (Lipinski definition) is 1. The molecular formula is C13H19FN4O3. The van der Waals surface area contributed by atoms with Crippen molar-refractivity contribution < 1.29 is 14.1 Å². The maximum atomic E-state index is 13.4. The van der Waals surface area contributed by atoms with Gasteiger partial charge in [0.25, 0.3) is 11.6 Å². The molecule has 0 saturated heterocycles. The smallest absolute Gasteiger partial charge is 0.295 e. The van der Waals surface area contributed by atoms with Crippen molar-refractivity contribution >= 4 is 17.3 Å². The van der Waals surface area contributed by atoms with E-state index in [0.29, 0.717) is 12.6 Å². The SMILES string of the molecule is CN(C)CCCN(C)C(=O)c1cc(F)cc([N+](=O)[O-])c1N. The van der Waals surface area contributed by atoms with Crippen LogP contribution in [0.5, 0.6) is 0 Å². The molecule has 1 amide bonds. The molecule has 1 aromatic rings. The van der Waals surface area contributed by atoms with E-state index in [2.05, 4.69) is 0 Å². The van der Waals surface area contributed by atoms with Crippen LogP contribution in [0.15, 0.2) is 12.1 Å². The van der Waals surface area contributed by atoms with Crippen molar-refractivity contribution in [2.45, 2.75) is 6.42 Å². The summed E-state index contributed by atoms with van der Waals surface area (Å²) in [6.07, 6.45) is 0.729. The maximum absolute atomic E-state index is 13.4. The summed E-state index contributed by atoms with van der Waals surface area (Å²) in [6.45, 7) is 1.23. The monoisotopic (exact) mass is 298 g/mol. The van der Waals surface area contributed by atoms with Crippen molar-refractivity contribution in [2.24, 2.45) is 0 Å². The maximum Gasteiger partial charge on any atom is 0.295 e. The van der Waals surface area contributed by atoms with Crippen LogP contribution in [0.3, 0.4) is 0 Å². The summed E-state index contributed by atoms with van der Waals surface area (Å²) in [5.74, 6) is -1.39. The third kappa shape index (κ3) is 4.38. The number of nitro benzene ring substituents is 1. The first kappa shape index (κ1) is 16.8. The number of hydrogen-bond acceptors (Lipinski definition) is 5. The van der Waals surface area contributed by atoms with Crippen LogP contribution in [-0.2, 0) is 0 Å². The Bertz CT molecular complexity index is 548.